The van der Waals surface area contributed by atoms with E-state index < -0.39 is 30.6 Å². The predicted molar refractivity (Wildman–Crippen MR) is 71.2 cm³/mol. The fourth-order valence-corrected chi connectivity index (χ4v) is 2.44. The van der Waals surface area contributed by atoms with Crippen molar-refractivity contribution < 1.29 is 27.9 Å². The molecule has 1 saturated heterocycles. The zero-order valence-corrected chi connectivity index (χ0v) is 11.8. The largest absolute Gasteiger partial charge is 0.507 e. The zero-order valence-electron chi connectivity index (χ0n) is 11.8. The van der Waals surface area contributed by atoms with Crippen LogP contribution >= 0.6 is 0 Å². The number of amides is 2. The molecule has 1 fully saturated rings. The number of phenols is 1. The Balaban J connectivity index is 2.11. The van der Waals surface area contributed by atoms with Gasteiger partial charge in [0.2, 0.25) is 5.91 Å². The van der Waals surface area contributed by atoms with Gasteiger partial charge in [-0.25, -0.2) is 0 Å². The average molecular weight is 316 g/mol. The Morgan fingerprint density at radius 1 is 1.41 bits per heavy atom. The molecule has 22 heavy (non-hydrogen) atoms. The minimum absolute atomic E-state index is 0.00655. The number of nitrogens with zero attached hydrogens (tertiary/aromatic N) is 2. The summed E-state index contributed by atoms with van der Waals surface area (Å²) < 4.78 is 37.1. The van der Waals surface area contributed by atoms with Crippen molar-refractivity contribution in [2.45, 2.75) is 18.6 Å². The lowest BCUT2D eigenvalue weighted by molar-refractivity contribution is -0.158. The minimum atomic E-state index is -4.47. The highest BCUT2D eigenvalue weighted by atomic mass is 19.4. The molecule has 0 aliphatic carbocycles. The number of benzene rings is 1. The van der Waals surface area contributed by atoms with Gasteiger partial charge in [0.15, 0.2) is 0 Å². The minimum Gasteiger partial charge on any atom is -0.507 e. The second-order valence-corrected chi connectivity index (χ2v) is 5.11. The van der Waals surface area contributed by atoms with E-state index in [1.807, 2.05) is 0 Å². The van der Waals surface area contributed by atoms with Crippen LogP contribution in [0.3, 0.4) is 0 Å². The number of aromatic hydroxyl groups is 1. The van der Waals surface area contributed by atoms with Crippen LogP contribution in [-0.4, -0.2) is 59.1 Å². The Morgan fingerprint density at radius 3 is 2.64 bits per heavy atom. The van der Waals surface area contributed by atoms with Gasteiger partial charge in [0.1, 0.15) is 18.3 Å². The average Bonchev–Trinajstić information content (AvgIpc) is 2.77. The fraction of sp³-hybridized carbons (Fsp3) is 0.429. The van der Waals surface area contributed by atoms with Crippen molar-refractivity contribution in [3.8, 4) is 5.75 Å². The maximum Gasteiger partial charge on any atom is 0.406 e. The zero-order chi connectivity index (χ0) is 16.5. The highest BCUT2D eigenvalue weighted by Crippen LogP contribution is 2.25. The molecule has 1 atom stereocenters. The van der Waals surface area contributed by atoms with Crippen molar-refractivity contribution in [3.63, 3.8) is 0 Å². The molecule has 5 nitrogen and oxygen atoms in total. The smallest absolute Gasteiger partial charge is 0.406 e. The second-order valence-electron chi connectivity index (χ2n) is 5.11. The Morgan fingerprint density at radius 2 is 2.05 bits per heavy atom. The first-order chi connectivity index (χ1) is 10.2. The number of carbonyl (C=O) groups is 2. The third-order valence-electron chi connectivity index (χ3n) is 3.56. The Bertz CT molecular complexity index is 589. The third kappa shape index (κ3) is 3.32. The molecular formula is C14H15F3N2O3. The summed E-state index contributed by atoms with van der Waals surface area (Å²) in [5.41, 5.74) is 0.00655. The van der Waals surface area contributed by atoms with Crippen molar-refractivity contribution >= 4 is 11.8 Å². The van der Waals surface area contributed by atoms with Gasteiger partial charge in [-0.05, 0) is 18.6 Å². The summed E-state index contributed by atoms with van der Waals surface area (Å²) in [5, 5.41) is 9.65. The van der Waals surface area contributed by atoms with E-state index in [9.17, 15) is 27.9 Å². The van der Waals surface area contributed by atoms with E-state index in [-0.39, 0.29) is 24.3 Å². The number of phenolic OH excluding ortho intramolecular Hbond substituents is 1. The normalized spacial score (nSPS) is 18.6. The van der Waals surface area contributed by atoms with Crippen LogP contribution in [0.15, 0.2) is 24.3 Å². The molecule has 0 spiro atoms. The highest BCUT2D eigenvalue weighted by molar-refractivity contribution is 5.99. The molecule has 2 rings (SSSR count). The van der Waals surface area contributed by atoms with Crippen LogP contribution < -0.4 is 0 Å². The molecule has 2 amide bonds. The van der Waals surface area contributed by atoms with Crippen LogP contribution in [0.1, 0.15) is 16.8 Å². The van der Waals surface area contributed by atoms with Crippen LogP contribution in [-0.2, 0) is 4.79 Å². The fourth-order valence-electron chi connectivity index (χ4n) is 2.44. The lowest BCUT2D eigenvalue weighted by Gasteiger charge is -2.24. The summed E-state index contributed by atoms with van der Waals surface area (Å²) in [7, 11) is 1.34. The number of hydrogen-bond donors (Lipinski definition) is 1. The molecule has 1 unspecified atom stereocenters. The van der Waals surface area contributed by atoms with E-state index in [2.05, 4.69) is 0 Å². The van der Waals surface area contributed by atoms with Crippen molar-refractivity contribution in [3.05, 3.63) is 29.8 Å². The summed E-state index contributed by atoms with van der Waals surface area (Å²) in [5.74, 6) is -1.58. The van der Waals surface area contributed by atoms with Gasteiger partial charge >= 0.3 is 6.18 Å². The van der Waals surface area contributed by atoms with E-state index >= 15 is 0 Å². The van der Waals surface area contributed by atoms with Gasteiger partial charge in [-0.3, -0.25) is 9.59 Å². The second kappa shape index (κ2) is 5.86. The molecule has 1 aliphatic heterocycles. The number of likely N-dealkylation sites (N-methyl/N-ethyl adjacent to an activating group) is 1. The summed E-state index contributed by atoms with van der Waals surface area (Å²) in [6.45, 7) is -1.37. The van der Waals surface area contributed by atoms with Crippen LogP contribution in [0.5, 0.6) is 5.75 Å². The molecule has 0 saturated carbocycles. The summed E-state index contributed by atoms with van der Waals surface area (Å²) in [6.07, 6.45) is -4.34. The summed E-state index contributed by atoms with van der Waals surface area (Å²) >= 11 is 0. The maximum absolute atomic E-state index is 12.4. The van der Waals surface area contributed by atoms with E-state index in [0.29, 0.717) is 4.90 Å². The number of alkyl halides is 3. The van der Waals surface area contributed by atoms with Crippen LogP contribution in [0, 0.1) is 0 Å². The first kappa shape index (κ1) is 16.1. The summed E-state index contributed by atoms with van der Waals surface area (Å²) in [4.78, 5) is 26.0. The molecular weight excluding hydrogens is 301 g/mol. The van der Waals surface area contributed by atoms with Crippen molar-refractivity contribution in [1.82, 2.24) is 9.80 Å². The van der Waals surface area contributed by atoms with E-state index in [1.165, 1.54) is 25.2 Å². The number of hydrogen-bond acceptors (Lipinski definition) is 3. The van der Waals surface area contributed by atoms with E-state index in [0.717, 1.165) is 4.90 Å². The molecule has 120 valence electrons. The highest BCUT2D eigenvalue weighted by Gasteiger charge is 2.42. The molecule has 0 bridgehead atoms. The molecule has 1 aromatic carbocycles. The molecule has 1 N–H and O–H groups in total. The first-order valence-corrected chi connectivity index (χ1v) is 6.61. The van der Waals surface area contributed by atoms with E-state index in [4.69, 9.17) is 0 Å². The van der Waals surface area contributed by atoms with Gasteiger partial charge < -0.3 is 14.9 Å². The van der Waals surface area contributed by atoms with Crippen LogP contribution in [0.25, 0.3) is 0 Å². The Kier molecular flexibility index (Phi) is 4.30. The maximum atomic E-state index is 12.4. The first-order valence-electron chi connectivity index (χ1n) is 6.61. The molecule has 1 heterocycles. The van der Waals surface area contributed by atoms with E-state index in [1.54, 1.807) is 6.07 Å². The molecule has 1 aromatic rings. The van der Waals surface area contributed by atoms with Crippen molar-refractivity contribution in [2.24, 2.45) is 0 Å². The van der Waals surface area contributed by atoms with Crippen LogP contribution in [0.4, 0.5) is 13.2 Å². The number of likely N-dealkylation sites (tertiary alicyclic amines) is 1. The number of para-hydroxylation sites is 1. The van der Waals surface area contributed by atoms with Gasteiger partial charge in [-0.1, -0.05) is 12.1 Å². The van der Waals surface area contributed by atoms with Crippen molar-refractivity contribution in [1.29, 1.82) is 0 Å². The third-order valence-corrected chi connectivity index (χ3v) is 3.56. The van der Waals surface area contributed by atoms with Gasteiger partial charge in [-0.15, -0.1) is 0 Å². The quantitative estimate of drug-likeness (QED) is 0.922. The lowest BCUT2D eigenvalue weighted by Crippen LogP contribution is -2.44. The molecule has 8 heteroatoms. The predicted octanol–water partition coefficient (Wildman–Crippen LogP) is 1.63. The number of halogens is 3. The molecule has 0 aromatic heterocycles. The Labute approximate surface area is 124 Å². The van der Waals surface area contributed by atoms with Gasteiger partial charge in [0.25, 0.3) is 5.91 Å². The Hall–Kier alpha value is -2.25. The van der Waals surface area contributed by atoms with Gasteiger partial charge in [0.05, 0.1) is 5.56 Å². The van der Waals surface area contributed by atoms with Crippen LogP contribution in [0.2, 0.25) is 0 Å². The number of carbonyl (C=O) groups excluding carboxylic acids is 2. The summed E-state index contributed by atoms with van der Waals surface area (Å²) in [6, 6.07) is 4.86. The molecule has 1 aliphatic rings. The topological polar surface area (TPSA) is 60.9 Å². The number of rotatable bonds is 3. The monoisotopic (exact) mass is 316 g/mol. The SMILES string of the molecule is CN(C(=O)c1ccccc1O)C1CCN(CC(F)(F)F)C1=O. The van der Waals surface area contributed by atoms with Gasteiger partial charge in [-0.2, -0.15) is 13.2 Å². The molecule has 0 radical (unpaired) electrons. The lowest BCUT2D eigenvalue weighted by atomic mass is 10.1. The van der Waals surface area contributed by atoms with Gasteiger partial charge in [0, 0.05) is 13.6 Å². The van der Waals surface area contributed by atoms with Crippen molar-refractivity contribution in [2.75, 3.05) is 20.1 Å². The standard InChI is InChI=1S/C14H15F3N2O3/c1-18(12(21)9-4-2-3-5-11(9)20)10-6-7-19(13(10)22)8-14(15,16)17/h2-5,10,20H,6-8H2,1H3.